The molecule has 2 amide bonds. The van der Waals surface area contributed by atoms with Crippen molar-refractivity contribution in [2.24, 2.45) is 11.8 Å². The summed E-state index contributed by atoms with van der Waals surface area (Å²) in [6.45, 7) is 6.47. The molecule has 32 heavy (non-hydrogen) atoms. The molecular formula is C29H27NO2. The number of hydrogen-bond donors (Lipinski definition) is 0. The van der Waals surface area contributed by atoms with Gasteiger partial charge in [0.25, 0.3) is 0 Å². The van der Waals surface area contributed by atoms with Crippen LogP contribution in [0.15, 0.2) is 66.7 Å². The summed E-state index contributed by atoms with van der Waals surface area (Å²) < 4.78 is 0. The number of nitrogens with zero attached hydrogens (tertiary/aromatic N) is 1. The molecule has 0 radical (unpaired) electrons. The van der Waals surface area contributed by atoms with E-state index in [1.54, 1.807) is 0 Å². The van der Waals surface area contributed by atoms with E-state index in [4.69, 9.17) is 0 Å². The molecule has 4 aliphatic rings. The average molecular weight is 422 g/mol. The highest BCUT2D eigenvalue weighted by atomic mass is 16.2. The number of imide groups is 1. The van der Waals surface area contributed by atoms with Crippen LogP contribution in [0.4, 0.5) is 5.69 Å². The Hall–Kier alpha value is -3.20. The Bertz CT molecular complexity index is 1260. The van der Waals surface area contributed by atoms with Gasteiger partial charge in [-0.2, -0.15) is 0 Å². The third kappa shape index (κ3) is 2.48. The zero-order valence-electron chi connectivity index (χ0n) is 18.7. The number of aryl methyl sites for hydroxylation is 1. The maximum absolute atomic E-state index is 13.8. The van der Waals surface area contributed by atoms with Crippen LogP contribution in [0.5, 0.6) is 0 Å². The number of amides is 2. The van der Waals surface area contributed by atoms with Crippen molar-refractivity contribution in [2.75, 3.05) is 4.90 Å². The second-order valence-electron chi connectivity index (χ2n) is 9.68. The zero-order chi connectivity index (χ0) is 22.1. The molecule has 5 atom stereocenters. The third-order valence-electron chi connectivity index (χ3n) is 8.04. The van der Waals surface area contributed by atoms with Crippen molar-refractivity contribution in [2.45, 2.75) is 44.9 Å². The van der Waals surface area contributed by atoms with E-state index in [1.165, 1.54) is 32.7 Å². The summed E-state index contributed by atoms with van der Waals surface area (Å²) in [5.41, 5.74) is 8.04. The lowest BCUT2D eigenvalue weighted by Crippen LogP contribution is -2.41. The van der Waals surface area contributed by atoms with Crippen molar-refractivity contribution in [1.82, 2.24) is 0 Å². The van der Waals surface area contributed by atoms with Gasteiger partial charge in [-0.3, -0.25) is 9.59 Å². The van der Waals surface area contributed by atoms with E-state index in [0.29, 0.717) is 11.6 Å². The predicted octanol–water partition coefficient (Wildman–Crippen LogP) is 5.91. The van der Waals surface area contributed by atoms with Crippen LogP contribution >= 0.6 is 0 Å². The summed E-state index contributed by atoms with van der Waals surface area (Å²) in [5, 5.41) is 0. The van der Waals surface area contributed by atoms with Crippen molar-refractivity contribution < 1.29 is 9.59 Å². The van der Waals surface area contributed by atoms with Gasteiger partial charge in [-0.25, -0.2) is 4.90 Å². The van der Waals surface area contributed by atoms with Gasteiger partial charge in [-0.1, -0.05) is 74.0 Å². The van der Waals surface area contributed by atoms with Crippen LogP contribution in [0.25, 0.3) is 0 Å². The predicted molar refractivity (Wildman–Crippen MR) is 126 cm³/mol. The fourth-order valence-corrected chi connectivity index (χ4v) is 6.24. The largest absolute Gasteiger partial charge is 0.274 e. The highest BCUT2D eigenvalue weighted by Crippen LogP contribution is 2.61. The van der Waals surface area contributed by atoms with E-state index in [2.05, 4.69) is 56.3 Å². The standard InChI is InChI=1S/C29H27NO2/c1-4-17(3)18-11-14-22-23(15-18)25-21-8-6-5-7-20(21)24(22)26-27(25)29(32)30(28(26)31)19-12-9-16(2)10-13-19/h5-15,17,24-27H,4H2,1-3H3. The van der Waals surface area contributed by atoms with Crippen LogP contribution < -0.4 is 4.90 Å². The molecule has 0 N–H and O–H groups in total. The summed E-state index contributed by atoms with van der Waals surface area (Å²) in [6.07, 6.45) is 1.08. The lowest BCUT2D eigenvalue weighted by molar-refractivity contribution is -0.122. The molecule has 2 bridgehead atoms. The first-order valence-electron chi connectivity index (χ1n) is 11.7. The Morgan fingerprint density at radius 2 is 1.34 bits per heavy atom. The highest BCUT2D eigenvalue weighted by molar-refractivity contribution is 6.23. The first-order valence-corrected chi connectivity index (χ1v) is 11.7. The smallest absolute Gasteiger partial charge is 0.238 e. The molecule has 160 valence electrons. The van der Waals surface area contributed by atoms with Gasteiger partial charge in [0.05, 0.1) is 17.5 Å². The first kappa shape index (κ1) is 19.5. The van der Waals surface area contributed by atoms with Crippen LogP contribution in [0, 0.1) is 18.8 Å². The first-order chi connectivity index (χ1) is 15.5. The number of rotatable bonds is 3. The number of carbonyl (C=O) groups is 2. The highest BCUT2D eigenvalue weighted by Gasteiger charge is 2.61. The molecular weight excluding hydrogens is 394 g/mol. The fourth-order valence-electron chi connectivity index (χ4n) is 6.24. The van der Waals surface area contributed by atoms with E-state index in [9.17, 15) is 9.59 Å². The number of anilines is 1. The number of benzene rings is 3. The summed E-state index contributed by atoms with van der Waals surface area (Å²) in [5.74, 6) is -0.412. The third-order valence-corrected chi connectivity index (χ3v) is 8.04. The molecule has 3 aliphatic carbocycles. The van der Waals surface area contributed by atoms with Crippen molar-refractivity contribution in [3.63, 3.8) is 0 Å². The number of carbonyl (C=O) groups excluding carboxylic acids is 2. The second-order valence-corrected chi connectivity index (χ2v) is 9.68. The summed E-state index contributed by atoms with van der Waals surface area (Å²) in [4.78, 5) is 29.1. The van der Waals surface area contributed by atoms with Gasteiger partial charge < -0.3 is 0 Å². The van der Waals surface area contributed by atoms with Crippen LogP contribution in [0.2, 0.25) is 0 Å². The minimum atomic E-state index is -0.330. The molecule has 1 fully saturated rings. The quantitative estimate of drug-likeness (QED) is 0.493. The molecule has 0 spiro atoms. The maximum Gasteiger partial charge on any atom is 0.238 e. The summed E-state index contributed by atoms with van der Waals surface area (Å²) in [7, 11) is 0. The van der Waals surface area contributed by atoms with Crippen molar-refractivity contribution in [3.8, 4) is 0 Å². The lowest BCUT2D eigenvalue weighted by Gasteiger charge is -2.46. The molecule has 0 aromatic heterocycles. The normalized spacial score (nSPS) is 26.0. The van der Waals surface area contributed by atoms with E-state index in [0.717, 1.165) is 12.0 Å². The molecule has 0 saturated carbocycles. The van der Waals surface area contributed by atoms with Gasteiger partial charge >= 0.3 is 0 Å². The minimum Gasteiger partial charge on any atom is -0.274 e. The minimum absolute atomic E-state index is 0.0482. The van der Waals surface area contributed by atoms with Crippen LogP contribution in [0.3, 0.4) is 0 Å². The Morgan fingerprint density at radius 1 is 0.781 bits per heavy atom. The molecule has 3 nitrogen and oxygen atoms in total. The maximum atomic E-state index is 13.8. The van der Waals surface area contributed by atoms with Crippen molar-refractivity contribution >= 4 is 17.5 Å². The van der Waals surface area contributed by atoms with Crippen LogP contribution in [-0.4, -0.2) is 11.8 Å². The number of hydrogen-bond acceptors (Lipinski definition) is 2. The van der Waals surface area contributed by atoms with Gasteiger partial charge in [-0.15, -0.1) is 0 Å². The van der Waals surface area contributed by atoms with E-state index < -0.39 is 0 Å². The fraction of sp³-hybridized carbons (Fsp3) is 0.310. The molecule has 3 heteroatoms. The molecule has 5 unspecified atom stereocenters. The molecule has 3 aromatic carbocycles. The van der Waals surface area contributed by atoms with E-state index in [1.807, 2.05) is 31.2 Å². The monoisotopic (exact) mass is 421 g/mol. The van der Waals surface area contributed by atoms with Gasteiger partial charge in [0.15, 0.2) is 0 Å². The topological polar surface area (TPSA) is 37.4 Å². The molecule has 1 aliphatic heterocycles. The lowest BCUT2D eigenvalue weighted by atomic mass is 9.54. The van der Waals surface area contributed by atoms with E-state index in [-0.39, 0.29) is 35.5 Å². The molecule has 1 saturated heterocycles. The Morgan fingerprint density at radius 3 is 1.94 bits per heavy atom. The van der Waals surface area contributed by atoms with Crippen LogP contribution in [0.1, 0.15) is 71.4 Å². The summed E-state index contributed by atoms with van der Waals surface area (Å²) in [6, 6.07) is 22.9. The second kappa shape index (κ2) is 6.90. The molecule has 7 rings (SSSR count). The average Bonchev–Trinajstić information content (AvgIpc) is 3.09. The van der Waals surface area contributed by atoms with Crippen molar-refractivity contribution in [3.05, 3.63) is 100 Å². The molecule has 3 aromatic rings. The zero-order valence-corrected chi connectivity index (χ0v) is 18.7. The Kier molecular flexibility index (Phi) is 4.20. The van der Waals surface area contributed by atoms with Gasteiger partial charge in [0, 0.05) is 11.8 Å². The van der Waals surface area contributed by atoms with Gasteiger partial charge in [0.2, 0.25) is 11.8 Å². The SMILES string of the molecule is CCC(C)c1ccc2c(c1)C1c3ccccc3C2C2C(=O)N(c3ccc(C)cc3)C(=O)C12. The van der Waals surface area contributed by atoms with Gasteiger partial charge in [0.1, 0.15) is 0 Å². The molecule has 1 heterocycles. The summed E-state index contributed by atoms with van der Waals surface area (Å²) >= 11 is 0. The Balaban J connectivity index is 1.54. The van der Waals surface area contributed by atoms with Crippen LogP contribution in [-0.2, 0) is 9.59 Å². The Labute approximate surface area is 189 Å². The van der Waals surface area contributed by atoms with E-state index >= 15 is 0 Å². The van der Waals surface area contributed by atoms with Gasteiger partial charge in [-0.05, 0) is 59.2 Å². The van der Waals surface area contributed by atoms with Crippen molar-refractivity contribution in [1.29, 1.82) is 0 Å².